The second kappa shape index (κ2) is 3.77. The first-order chi connectivity index (χ1) is 6.76. The van der Waals surface area contributed by atoms with Crippen LogP contribution >= 0.6 is 0 Å². The summed E-state index contributed by atoms with van der Waals surface area (Å²) in [7, 11) is 0. The molecule has 6 heteroatoms. The number of benzene rings is 1. The van der Waals surface area contributed by atoms with Crippen molar-refractivity contribution in [3.05, 3.63) is 35.1 Å². The molecule has 1 aromatic carbocycles. The highest BCUT2D eigenvalue weighted by molar-refractivity contribution is 5.28. The van der Waals surface area contributed by atoms with Gasteiger partial charge in [0.2, 0.25) is 0 Å². The van der Waals surface area contributed by atoms with E-state index < -0.39 is 35.0 Å². The van der Waals surface area contributed by atoms with Gasteiger partial charge < -0.3 is 5.73 Å². The summed E-state index contributed by atoms with van der Waals surface area (Å²) >= 11 is 0. The monoisotopic (exact) mass is 225 g/mol. The van der Waals surface area contributed by atoms with Crippen molar-refractivity contribution < 1.29 is 22.0 Å². The Hall–Kier alpha value is -1.17. The third-order valence-corrected chi connectivity index (χ3v) is 2.00. The molecule has 0 fully saturated rings. The zero-order valence-electron chi connectivity index (χ0n) is 7.70. The maximum atomic E-state index is 13.1. The topological polar surface area (TPSA) is 26.0 Å². The Morgan fingerprint density at radius 2 is 1.53 bits per heavy atom. The maximum Gasteiger partial charge on any atom is 0.260 e. The summed E-state index contributed by atoms with van der Waals surface area (Å²) in [4.78, 5) is 0. The minimum atomic E-state index is -3.16. The van der Waals surface area contributed by atoms with Gasteiger partial charge in [-0.05, 0) is 6.92 Å². The average Bonchev–Trinajstić information content (AvgIpc) is 2.00. The Morgan fingerprint density at radius 3 is 1.87 bits per heavy atom. The predicted molar refractivity (Wildman–Crippen MR) is 43.9 cm³/mol. The van der Waals surface area contributed by atoms with Crippen LogP contribution in [0.3, 0.4) is 0 Å². The van der Waals surface area contributed by atoms with Gasteiger partial charge in [-0.1, -0.05) is 0 Å². The van der Waals surface area contributed by atoms with Crippen molar-refractivity contribution in [2.45, 2.75) is 18.9 Å². The number of halogens is 5. The fourth-order valence-electron chi connectivity index (χ4n) is 1.17. The third-order valence-electron chi connectivity index (χ3n) is 2.00. The van der Waals surface area contributed by atoms with Gasteiger partial charge in [0.25, 0.3) is 6.43 Å². The van der Waals surface area contributed by atoms with E-state index >= 15 is 0 Å². The summed E-state index contributed by atoms with van der Waals surface area (Å²) in [5.41, 5.74) is 1.58. The molecule has 0 heterocycles. The molecule has 0 saturated carbocycles. The van der Waals surface area contributed by atoms with E-state index in [1.165, 1.54) is 0 Å². The molecular formula is C9H8F5N. The summed E-state index contributed by atoms with van der Waals surface area (Å²) in [6, 6.07) is 0.623. The Morgan fingerprint density at radius 1 is 1.13 bits per heavy atom. The summed E-state index contributed by atoms with van der Waals surface area (Å²) in [6.07, 6.45) is -3.16. The number of nitrogens with two attached hydrogens (primary N) is 1. The van der Waals surface area contributed by atoms with E-state index in [1.54, 1.807) is 0 Å². The van der Waals surface area contributed by atoms with Crippen LogP contribution in [0.2, 0.25) is 0 Å². The lowest BCUT2D eigenvalue weighted by atomic mass is 9.92. The molecular weight excluding hydrogens is 217 g/mol. The first-order valence-corrected chi connectivity index (χ1v) is 3.99. The van der Waals surface area contributed by atoms with E-state index in [2.05, 4.69) is 0 Å². The Labute approximate surface area is 82.7 Å². The smallest absolute Gasteiger partial charge is 0.260 e. The molecule has 0 aliphatic carbocycles. The van der Waals surface area contributed by atoms with Crippen molar-refractivity contribution in [3.63, 3.8) is 0 Å². The van der Waals surface area contributed by atoms with Gasteiger partial charge in [-0.25, -0.2) is 22.0 Å². The SMILES string of the molecule is CC(N)(c1c(F)cc(F)cc1F)C(F)F. The molecule has 84 valence electrons. The van der Waals surface area contributed by atoms with Crippen molar-refractivity contribution in [2.24, 2.45) is 5.73 Å². The average molecular weight is 225 g/mol. The normalized spacial score (nSPS) is 15.5. The van der Waals surface area contributed by atoms with Crippen LogP contribution in [0, 0.1) is 17.5 Å². The van der Waals surface area contributed by atoms with Gasteiger partial charge in [0.05, 0.1) is 0 Å². The van der Waals surface area contributed by atoms with Crippen LogP contribution in [0.15, 0.2) is 12.1 Å². The number of hydrogen-bond acceptors (Lipinski definition) is 1. The zero-order valence-corrected chi connectivity index (χ0v) is 7.70. The van der Waals surface area contributed by atoms with Crippen molar-refractivity contribution in [1.82, 2.24) is 0 Å². The zero-order chi connectivity index (χ0) is 11.8. The molecule has 0 aliphatic heterocycles. The summed E-state index contributed by atoms with van der Waals surface area (Å²) in [5, 5.41) is 0. The second-order valence-corrected chi connectivity index (χ2v) is 3.33. The summed E-state index contributed by atoms with van der Waals surface area (Å²) in [6.45, 7) is 0.775. The van der Waals surface area contributed by atoms with Crippen LogP contribution in [0.25, 0.3) is 0 Å². The molecule has 0 saturated heterocycles. The van der Waals surface area contributed by atoms with Gasteiger partial charge in [-0.3, -0.25) is 0 Å². The first kappa shape index (κ1) is 11.9. The Bertz CT molecular complexity index is 352. The number of alkyl halides is 2. The van der Waals surface area contributed by atoms with E-state index in [0.717, 1.165) is 6.92 Å². The molecule has 1 aromatic rings. The summed E-state index contributed by atoms with van der Waals surface area (Å²) in [5.74, 6) is -4.02. The van der Waals surface area contributed by atoms with Crippen LogP contribution in [0.5, 0.6) is 0 Å². The van der Waals surface area contributed by atoms with Gasteiger partial charge in [0, 0.05) is 17.7 Å². The highest BCUT2D eigenvalue weighted by Crippen LogP contribution is 2.30. The molecule has 0 spiro atoms. The fourth-order valence-corrected chi connectivity index (χ4v) is 1.17. The first-order valence-electron chi connectivity index (χ1n) is 3.99. The molecule has 1 atom stereocenters. The van der Waals surface area contributed by atoms with Crippen LogP contribution in [-0.4, -0.2) is 6.43 Å². The van der Waals surface area contributed by atoms with Crippen molar-refractivity contribution in [3.8, 4) is 0 Å². The molecule has 0 bridgehead atoms. The number of rotatable bonds is 2. The molecule has 2 N–H and O–H groups in total. The Balaban J connectivity index is 3.38. The minimum absolute atomic E-state index is 0.311. The quantitative estimate of drug-likeness (QED) is 0.769. The van der Waals surface area contributed by atoms with Crippen LogP contribution in [0.1, 0.15) is 12.5 Å². The highest BCUT2D eigenvalue weighted by atomic mass is 19.3. The molecule has 0 aromatic heterocycles. The van der Waals surface area contributed by atoms with Gasteiger partial charge in [-0.15, -0.1) is 0 Å². The molecule has 0 radical (unpaired) electrons. The van der Waals surface area contributed by atoms with Crippen molar-refractivity contribution >= 4 is 0 Å². The van der Waals surface area contributed by atoms with Crippen molar-refractivity contribution in [1.29, 1.82) is 0 Å². The molecule has 0 aliphatic rings. The van der Waals surface area contributed by atoms with Gasteiger partial charge in [0.1, 0.15) is 23.0 Å². The molecule has 1 rings (SSSR count). The van der Waals surface area contributed by atoms with Crippen molar-refractivity contribution in [2.75, 3.05) is 0 Å². The lowest BCUT2D eigenvalue weighted by Gasteiger charge is -2.24. The van der Waals surface area contributed by atoms with E-state index in [4.69, 9.17) is 5.73 Å². The number of hydrogen-bond donors (Lipinski definition) is 1. The summed E-state index contributed by atoms with van der Waals surface area (Å²) < 4.78 is 63.5. The molecule has 15 heavy (non-hydrogen) atoms. The van der Waals surface area contributed by atoms with E-state index in [1.807, 2.05) is 0 Å². The van der Waals surface area contributed by atoms with E-state index in [-0.39, 0.29) is 0 Å². The third kappa shape index (κ3) is 2.09. The lowest BCUT2D eigenvalue weighted by molar-refractivity contribution is 0.0581. The molecule has 1 unspecified atom stereocenters. The highest BCUT2D eigenvalue weighted by Gasteiger charge is 2.37. The predicted octanol–water partition coefficient (Wildman–Crippen LogP) is 2.54. The van der Waals surface area contributed by atoms with E-state index in [0.29, 0.717) is 12.1 Å². The van der Waals surface area contributed by atoms with Crippen LogP contribution in [-0.2, 0) is 5.54 Å². The molecule has 1 nitrogen and oxygen atoms in total. The lowest BCUT2D eigenvalue weighted by Crippen LogP contribution is -2.42. The second-order valence-electron chi connectivity index (χ2n) is 3.33. The standard InChI is InChI=1S/C9H8F5N/c1-9(15,8(13)14)7-5(11)2-4(10)3-6(7)12/h2-3,8H,15H2,1H3. The van der Waals surface area contributed by atoms with Gasteiger partial charge in [0.15, 0.2) is 0 Å². The largest absolute Gasteiger partial charge is 0.317 e. The molecule has 0 amide bonds. The maximum absolute atomic E-state index is 13.1. The fraction of sp³-hybridized carbons (Fsp3) is 0.333. The van der Waals surface area contributed by atoms with Crippen LogP contribution < -0.4 is 5.73 Å². The minimum Gasteiger partial charge on any atom is -0.317 e. The van der Waals surface area contributed by atoms with Crippen LogP contribution in [0.4, 0.5) is 22.0 Å². The Kier molecular flexibility index (Phi) is 2.99. The van der Waals surface area contributed by atoms with Gasteiger partial charge >= 0.3 is 0 Å². The van der Waals surface area contributed by atoms with Gasteiger partial charge in [-0.2, -0.15) is 0 Å². The van der Waals surface area contributed by atoms with E-state index in [9.17, 15) is 22.0 Å².